The molecule has 1 saturated carbocycles. The van der Waals surface area contributed by atoms with Crippen molar-refractivity contribution in [3.63, 3.8) is 0 Å². The number of hydrogen-bond acceptors (Lipinski definition) is 8. The van der Waals surface area contributed by atoms with Gasteiger partial charge in [0.25, 0.3) is 0 Å². The van der Waals surface area contributed by atoms with Crippen LogP contribution in [0.25, 0.3) is 11.3 Å². The number of hydrogen-bond donors (Lipinski definition) is 2. The number of ether oxygens (including phenoxy) is 1. The van der Waals surface area contributed by atoms with Crippen molar-refractivity contribution in [2.24, 2.45) is 21.6 Å². The third-order valence-electron chi connectivity index (χ3n) is 6.43. The Morgan fingerprint density at radius 3 is 2.67 bits per heavy atom. The number of amidine groups is 1. The Balaban J connectivity index is 1.85. The SMILES string of the molecule is C=Nc1nc(/C(N)=N/C(=O)O)nc(-c2cncc(Cl)c2)c1N(CC1CCCCC1)CN1CCOCC1. The topological polar surface area (TPSA) is 142 Å². The van der Waals surface area contributed by atoms with Crippen LogP contribution < -0.4 is 10.6 Å². The molecule has 1 aliphatic carbocycles. The quantitative estimate of drug-likeness (QED) is 0.399. The van der Waals surface area contributed by atoms with Gasteiger partial charge in [-0.15, -0.1) is 0 Å². The number of morpholine rings is 1. The van der Waals surface area contributed by atoms with Crippen LogP contribution in [-0.2, 0) is 4.74 Å². The lowest BCUT2D eigenvalue weighted by Gasteiger charge is -2.37. The molecule has 1 saturated heterocycles. The van der Waals surface area contributed by atoms with Crippen LogP contribution >= 0.6 is 11.6 Å². The highest BCUT2D eigenvalue weighted by Gasteiger charge is 2.27. The highest BCUT2D eigenvalue weighted by Crippen LogP contribution is 2.38. The number of pyridine rings is 1. The standard InChI is InChI=1S/C24H31ClN8O3/c1-27-22-20(33(14-16-5-3-2-4-6-16)15-32-7-9-36-10-8-32)19(17-11-18(25)13-28-12-17)29-23(31-22)21(26)30-24(34)35/h11-13,16H,1-10,14-15H2,(H2,26,30)(H,34,35). The van der Waals surface area contributed by atoms with Crippen LogP contribution in [0.4, 0.5) is 16.3 Å². The Hall–Kier alpha value is -3.15. The van der Waals surface area contributed by atoms with E-state index in [1.807, 2.05) is 0 Å². The molecular formula is C24H31ClN8O3. The fourth-order valence-corrected chi connectivity index (χ4v) is 4.91. The summed E-state index contributed by atoms with van der Waals surface area (Å²) in [6, 6.07) is 1.75. The van der Waals surface area contributed by atoms with Gasteiger partial charge < -0.3 is 20.5 Å². The highest BCUT2D eigenvalue weighted by atomic mass is 35.5. The second kappa shape index (κ2) is 12.2. The van der Waals surface area contributed by atoms with Gasteiger partial charge in [0.05, 0.1) is 24.9 Å². The van der Waals surface area contributed by atoms with Crippen molar-refractivity contribution in [3.05, 3.63) is 29.3 Å². The van der Waals surface area contributed by atoms with Gasteiger partial charge in [-0.25, -0.2) is 19.8 Å². The van der Waals surface area contributed by atoms with Crippen LogP contribution in [0.3, 0.4) is 0 Å². The van der Waals surface area contributed by atoms with E-state index in [0.29, 0.717) is 53.6 Å². The van der Waals surface area contributed by atoms with Gasteiger partial charge in [0, 0.05) is 37.6 Å². The summed E-state index contributed by atoms with van der Waals surface area (Å²) >= 11 is 6.28. The number of nitrogens with zero attached hydrogens (tertiary/aromatic N) is 7. The Labute approximate surface area is 215 Å². The van der Waals surface area contributed by atoms with Crippen molar-refractivity contribution in [1.82, 2.24) is 19.9 Å². The molecule has 11 nitrogen and oxygen atoms in total. The van der Waals surface area contributed by atoms with Gasteiger partial charge in [0.2, 0.25) is 0 Å². The van der Waals surface area contributed by atoms with E-state index in [1.165, 1.54) is 25.5 Å². The lowest BCUT2D eigenvalue weighted by molar-refractivity contribution is 0.0375. The number of anilines is 1. The van der Waals surface area contributed by atoms with E-state index in [-0.39, 0.29) is 11.7 Å². The monoisotopic (exact) mass is 514 g/mol. The molecule has 12 heteroatoms. The molecule has 0 unspecified atom stereocenters. The van der Waals surface area contributed by atoms with Crippen LogP contribution in [0.2, 0.25) is 5.02 Å². The summed E-state index contributed by atoms with van der Waals surface area (Å²) < 4.78 is 5.55. The fourth-order valence-electron chi connectivity index (χ4n) is 4.74. The van der Waals surface area contributed by atoms with E-state index in [9.17, 15) is 4.79 Å². The summed E-state index contributed by atoms with van der Waals surface area (Å²) in [5, 5.41) is 9.53. The van der Waals surface area contributed by atoms with E-state index in [1.54, 1.807) is 12.3 Å². The average molecular weight is 515 g/mol. The fraction of sp³-hybridized carbons (Fsp3) is 0.500. The maximum Gasteiger partial charge on any atom is 0.433 e. The van der Waals surface area contributed by atoms with Gasteiger partial charge in [-0.05, 0) is 31.5 Å². The molecule has 0 atom stereocenters. The Morgan fingerprint density at radius 1 is 1.25 bits per heavy atom. The number of amides is 1. The van der Waals surface area contributed by atoms with E-state index >= 15 is 0 Å². The summed E-state index contributed by atoms with van der Waals surface area (Å²) in [6.07, 6.45) is 7.74. The van der Waals surface area contributed by atoms with E-state index in [2.05, 4.69) is 41.5 Å². The van der Waals surface area contributed by atoms with Gasteiger partial charge >= 0.3 is 6.09 Å². The van der Waals surface area contributed by atoms with Gasteiger partial charge in [0.1, 0.15) is 11.4 Å². The summed E-state index contributed by atoms with van der Waals surface area (Å²) in [6.45, 7) is 8.13. The summed E-state index contributed by atoms with van der Waals surface area (Å²) in [7, 11) is 0. The molecule has 2 aliphatic rings. The Morgan fingerprint density at radius 2 is 2.00 bits per heavy atom. The largest absolute Gasteiger partial charge is 0.463 e. The molecule has 2 fully saturated rings. The van der Waals surface area contributed by atoms with Crippen molar-refractivity contribution in [2.75, 3.05) is 44.4 Å². The lowest BCUT2D eigenvalue weighted by atomic mass is 9.89. The van der Waals surface area contributed by atoms with E-state index in [0.717, 1.165) is 32.5 Å². The Bertz CT molecular complexity index is 1100. The van der Waals surface area contributed by atoms with Gasteiger partial charge in [-0.1, -0.05) is 30.9 Å². The first-order valence-corrected chi connectivity index (χ1v) is 12.4. The molecule has 2 aromatic heterocycles. The molecule has 0 radical (unpaired) electrons. The van der Waals surface area contributed by atoms with E-state index in [4.69, 9.17) is 27.2 Å². The number of nitrogens with two attached hydrogens (primary N) is 1. The minimum Gasteiger partial charge on any atom is -0.463 e. The zero-order chi connectivity index (χ0) is 25.5. The van der Waals surface area contributed by atoms with Crippen LogP contribution in [0.5, 0.6) is 0 Å². The zero-order valence-corrected chi connectivity index (χ0v) is 20.9. The van der Waals surface area contributed by atoms with Gasteiger partial charge in [-0.3, -0.25) is 9.88 Å². The molecule has 0 bridgehead atoms. The van der Waals surface area contributed by atoms with E-state index < -0.39 is 6.09 Å². The first-order chi connectivity index (χ1) is 17.4. The van der Waals surface area contributed by atoms with Crippen molar-refractivity contribution >= 4 is 41.8 Å². The number of aliphatic imine (C=N–C) groups is 2. The van der Waals surface area contributed by atoms with Crippen LogP contribution in [0.15, 0.2) is 28.4 Å². The predicted octanol–water partition coefficient (Wildman–Crippen LogP) is 3.58. The van der Waals surface area contributed by atoms with Gasteiger partial charge in [-0.2, -0.15) is 4.99 Å². The third-order valence-corrected chi connectivity index (χ3v) is 6.64. The molecule has 192 valence electrons. The van der Waals surface area contributed by atoms with Crippen molar-refractivity contribution in [3.8, 4) is 11.3 Å². The molecule has 1 aliphatic heterocycles. The lowest BCUT2D eigenvalue weighted by Crippen LogP contribution is -2.46. The molecular weight excluding hydrogens is 484 g/mol. The number of rotatable bonds is 8. The summed E-state index contributed by atoms with van der Waals surface area (Å²) in [5.41, 5.74) is 7.72. The van der Waals surface area contributed by atoms with Crippen molar-refractivity contribution in [2.45, 2.75) is 32.1 Å². The molecule has 3 N–H and O–H groups in total. The number of carboxylic acid groups (broad SMARTS) is 1. The molecule has 1 amide bonds. The maximum atomic E-state index is 11.1. The minimum absolute atomic E-state index is 0.0532. The van der Waals surface area contributed by atoms with Gasteiger partial charge in [0.15, 0.2) is 17.5 Å². The smallest absolute Gasteiger partial charge is 0.433 e. The Kier molecular flexibility index (Phi) is 8.79. The maximum absolute atomic E-state index is 11.1. The highest BCUT2D eigenvalue weighted by molar-refractivity contribution is 6.30. The zero-order valence-electron chi connectivity index (χ0n) is 20.1. The molecule has 2 aromatic rings. The van der Waals surface area contributed by atoms with Crippen LogP contribution in [0, 0.1) is 5.92 Å². The average Bonchev–Trinajstić information content (AvgIpc) is 2.88. The number of halogens is 1. The second-order valence-electron chi connectivity index (χ2n) is 9.00. The molecule has 36 heavy (non-hydrogen) atoms. The molecule has 0 spiro atoms. The normalized spacial score (nSPS) is 17.6. The minimum atomic E-state index is -1.44. The molecule has 0 aromatic carbocycles. The second-order valence-corrected chi connectivity index (χ2v) is 9.43. The summed E-state index contributed by atoms with van der Waals surface area (Å²) in [5.74, 6) is 0.424. The van der Waals surface area contributed by atoms with Crippen molar-refractivity contribution in [1.29, 1.82) is 0 Å². The first kappa shape index (κ1) is 25.9. The molecule has 3 heterocycles. The predicted molar refractivity (Wildman–Crippen MR) is 139 cm³/mol. The van der Waals surface area contributed by atoms with Crippen molar-refractivity contribution < 1.29 is 14.6 Å². The van der Waals surface area contributed by atoms with Crippen LogP contribution in [0.1, 0.15) is 37.9 Å². The van der Waals surface area contributed by atoms with Crippen LogP contribution in [-0.4, -0.2) is 83.1 Å². The number of aromatic nitrogens is 3. The first-order valence-electron chi connectivity index (χ1n) is 12.1. The third kappa shape index (κ3) is 6.54. The summed E-state index contributed by atoms with van der Waals surface area (Å²) in [4.78, 5) is 36.7. The number of carbonyl (C=O) groups is 1. The molecule has 4 rings (SSSR count).